The maximum absolute atomic E-state index is 11.6. The van der Waals surface area contributed by atoms with Gasteiger partial charge in [0.05, 0.1) is 6.10 Å². The number of nitrogens with one attached hydrogen (secondary N) is 1. The third-order valence-corrected chi connectivity index (χ3v) is 3.42. The van der Waals surface area contributed by atoms with Crippen LogP contribution in [0.5, 0.6) is 0 Å². The average molecular weight is 242 g/mol. The Kier molecular flexibility index (Phi) is 6.52. The molecule has 3 N–H and O–H groups in total. The molecular weight excluding hydrogens is 216 g/mol. The van der Waals surface area contributed by atoms with Crippen molar-refractivity contribution in [2.45, 2.75) is 58.1 Å². The number of hydrogen-bond acceptors (Lipinski definition) is 3. The summed E-state index contributed by atoms with van der Waals surface area (Å²) in [5.41, 5.74) is 5.84. The minimum atomic E-state index is 0.00167. The average Bonchev–Trinajstić information content (AvgIpc) is 2.73. The molecule has 0 spiro atoms. The van der Waals surface area contributed by atoms with Gasteiger partial charge in [0.2, 0.25) is 5.91 Å². The van der Waals surface area contributed by atoms with Crippen LogP contribution in [0.4, 0.5) is 0 Å². The van der Waals surface area contributed by atoms with Crippen LogP contribution in [0.1, 0.15) is 46.0 Å². The van der Waals surface area contributed by atoms with Crippen LogP contribution in [0.2, 0.25) is 0 Å². The topological polar surface area (TPSA) is 64.4 Å². The van der Waals surface area contributed by atoms with Gasteiger partial charge in [-0.05, 0) is 19.3 Å². The number of ether oxygens (including phenoxy) is 1. The van der Waals surface area contributed by atoms with Crippen LogP contribution in [-0.4, -0.2) is 31.2 Å². The van der Waals surface area contributed by atoms with Gasteiger partial charge < -0.3 is 15.8 Å². The molecule has 3 atom stereocenters. The molecule has 0 aliphatic carbocycles. The van der Waals surface area contributed by atoms with E-state index >= 15 is 0 Å². The highest BCUT2D eigenvalue weighted by atomic mass is 16.5. The molecule has 1 aliphatic heterocycles. The van der Waals surface area contributed by atoms with E-state index in [-0.39, 0.29) is 11.9 Å². The van der Waals surface area contributed by atoms with E-state index in [1.807, 2.05) is 0 Å². The molecule has 0 aromatic heterocycles. The Bertz CT molecular complexity index is 233. The monoisotopic (exact) mass is 242 g/mol. The molecule has 3 unspecified atom stereocenters. The molecule has 4 nitrogen and oxygen atoms in total. The molecule has 100 valence electrons. The second-order valence-electron chi connectivity index (χ2n) is 4.92. The fourth-order valence-corrected chi connectivity index (χ4v) is 2.41. The number of carbonyl (C=O) groups is 1. The normalized spacial score (nSPS) is 25.8. The lowest BCUT2D eigenvalue weighted by molar-refractivity contribution is -0.121. The lowest BCUT2D eigenvalue weighted by Gasteiger charge is -2.18. The van der Waals surface area contributed by atoms with Crippen LogP contribution in [0.3, 0.4) is 0 Å². The summed E-state index contributed by atoms with van der Waals surface area (Å²) in [4.78, 5) is 11.6. The maximum Gasteiger partial charge on any atom is 0.221 e. The summed E-state index contributed by atoms with van der Waals surface area (Å²) in [6.07, 6.45) is 4.79. The molecule has 0 aromatic rings. The number of hydrogen-bond donors (Lipinski definition) is 2. The van der Waals surface area contributed by atoms with Gasteiger partial charge in [-0.3, -0.25) is 4.79 Å². The number of carbonyl (C=O) groups excluding carboxylic acids is 1. The smallest absolute Gasteiger partial charge is 0.221 e. The third kappa shape index (κ3) is 5.04. The quantitative estimate of drug-likeness (QED) is 0.710. The standard InChI is InChI=1S/C13H26N2O2/c1-3-5-11(14)8-13(16)15-9-10-6-7-17-12(10)4-2/h10-12H,3-9,14H2,1-2H3,(H,15,16). The summed E-state index contributed by atoms with van der Waals surface area (Å²) in [7, 11) is 0. The molecule has 1 saturated heterocycles. The predicted octanol–water partition coefficient (Wildman–Crippen LogP) is 1.44. The van der Waals surface area contributed by atoms with Gasteiger partial charge in [-0.1, -0.05) is 20.3 Å². The molecule has 0 saturated carbocycles. The molecule has 4 heteroatoms. The number of amides is 1. The van der Waals surface area contributed by atoms with Gasteiger partial charge in [0.25, 0.3) is 0 Å². The summed E-state index contributed by atoms with van der Waals surface area (Å²) in [5, 5.41) is 2.98. The second-order valence-corrected chi connectivity index (χ2v) is 4.92. The Morgan fingerprint density at radius 3 is 2.94 bits per heavy atom. The highest BCUT2D eigenvalue weighted by Crippen LogP contribution is 2.22. The van der Waals surface area contributed by atoms with Gasteiger partial charge >= 0.3 is 0 Å². The molecular formula is C13H26N2O2. The maximum atomic E-state index is 11.6. The van der Waals surface area contributed by atoms with E-state index in [4.69, 9.17) is 10.5 Å². The van der Waals surface area contributed by atoms with E-state index in [1.165, 1.54) is 0 Å². The zero-order valence-corrected chi connectivity index (χ0v) is 11.1. The van der Waals surface area contributed by atoms with Crippen LogP contribution in [0.15, 0.2) is 0 Å². The molecule has 1 aliphatic rings. The van der Waals surface area contributed by atoms with E-state index in [1.54, 1.807) is 0 Å². The summed E-state index contributed by atoms with van der Waals surface area (Å²) in [6, 6.07) is 0.00167. The number of nitrogens with two attached hydrogens (primary N) is 1. The molecule has 1 rings (SSSR count). The van der Waals surface area contributed by atoms with Gasteiger partial charge in [0.15, 0.2) is 0 Å². The lowest BCUT2D eigenvalue weighted by Crippen LogP contribution is -2.36. The van der Waals surface area contributed by atoms with E-state index in [0.29, 0.717) is 18.4 Å². The first-order valence-electron chi connectivity index (χ1n) is 6.81. The summed E-state index contributed by atoms with van der Waals surface area (Å²) < 4.78 is 5.59. The highest BCUT2D eigenvalue weighted by Gasteiger charge is 2.26. The Balaban J connectivity index is 2.19. The zero-order chi connectivity index (χ0) is 12.7. The first kappa shape index (κ1) is 14.5. The van der Waals surface area contributed by atoms with Crippen LogP contribution in [0, 0.1) is 5.92 Å². The predicted molar refractivity (Wildman–Crippen MR) is 68.6 cm³/mol. The minimum absolute atomic E-state index is 0.00167. The molecule has 0 bridgehead atoms. The number of rotatable bonds is 7. The molecule has 1 amide bonds. The second kappa shape index (κ2) is 7.67. The first-order chi connectivity index (χ1) is 8.17. The van der Waals surface area contributed by atoms with Crippen molar-refractivity contribution in [2.24, 2.45) is 11.7 Å². The fourth-order valence-electron chi connectivity index (χ4n) is 2.41. The SMILES string of the molecule is CCCC(N)CC(=O)NCC1CCOC1CC. The largest absolute Gasteiger partial charge is 0.378 e. The zero-order valence-electron chi connectivity index (χ0n) is 11.1. The summed E-state index contributed by atoms with van der Waals surface area (Å²) >= 11 is 0. The lowest BCUT2D eigenvalue weighted by atomic mass is 9.99. The Morgan fingerprint density at radius 1 is 1.53 bits per heavy atom. The van der Waals surface area contributed by atoms with Gasteiger partial charge in [-0.2, -0.15) is 0 Å². The van der Waals surface area contributed by atoms with Crippen molar-refractivity contribution in [3.63, 3.8) is 0 Å². The van der Waals surface area contributed by atoms with Crippen molar-refractivity contribution >= 4 is 5.91 Å². The minimum Gasteiger partial charge on any atom is -0.378 e. The van der Waals surface area contributed by atoms with Crippen LogP contribution >= 0.6 is 0 Å². The molecule has 0 aromatic carbocycles. The Labute approximate surface area is 104 Å². The third-order valence-electron chi connectivity index (χ3n) is 3.42. The highest BCUT2D eigenvalue weighted by molar-refractivity contribution is 5.76. The van der Waals surface area contributed by atoms with Crippen molar-refractivity contribution in [3.8, 4) is 0 Å². The Hall–Kier alpha value is -0.610. The van der Waals surface area contributed by atoms with Gasteiger partial charge in [0, 0.05) is 31.5 Å². The van der Waals surface area contributed by atoms with Crippen molar-refractivity contribution in [3.05, 3.63) is 0 Å². The van der Waals surface area contributed by atoms with E-state index in [0.717, 1.165) is 38.8 Å². The van der Waals surface area contributed by atoms with Crippen molar-refractivity contribution in [1.29, 1.82) is 0 Å². The van der Waals surface area contributed by atoms with Crippen molar-refractivity contribution < 1.29 is 9.53 Å². The van der Waals surface area contributed by atoms with Crippen LogP contribution in [-0.2, 0) is 9.53 Å². The van der Waals surface area contributed by atoms with Gasteiger partial charge in [-0.25, -0.2) is 0 Å². The van der Waals surface area contributed by atoms with Crippen molar-refractivity contribution in [2.75, 3.05) is 13.2 Å². The summed E-state index contributed by atoms with van der Waals surface area (Å²) in [5.74, 6) is 0.555. The molecule has 1 fully saturated rings. The molecule has 1 heterocycles. The van der Waals surface area contributed by atoms with E-state index < -0.39 is 0 Å². The van der Waals surface area contributed by atoms with E-state index in [2.05, 4.69) is 19.2 Å². The van der Waals surface area contributed by atoms with Gasteiger partial charge in [0.1, 0.15) is 0 Å². The summed E-state index contributed by atoms with van der Waals surface area (Å²) in [6.45, 7) is 5.77. The van der Waals surface area contributed by atoms with E-state index in [9.17, 15) is 4.79 Å². The fraction of sp³-hybridized carbons (Fsp3) is 0.923. The Morgan fingerprint density at radius 2 is 2.29 bits per heavy atom. The molecule has 17 heavy (non-hydrogen) atoms. The van der Waals surface area contributed by atoms with Crippen molar-refractivity contribution in [1.82, 2.24) is 5.32 Å². The first-order valence-corrected chi connectivity index (χ1v) is 6.81. The molecule has 0 radical (unpaired) electrons. The van der Waals surface area contributed by atoms with Crippen LogP contribution in [0.25, 0.3) is 0 Å². The van der Waals surface area contributed by atoms with Gasteiger partial charge in [-0.15, -0.1) is 0 Å². The van der Waals surface area contributed by atoms with Crippen LogP contribution < -0.4 is 11.1 Å².